The number of hydrogen-bond donors (Lipinski definition) is 1. The van der Waals surface area contributed by atoms with Crippen LogP contribution in [0.25, 0.3) is 0 Å². The van der Waals surface area contributed by atoms with Crippen molar-refractivity contribution in [1.82, 2.24) is 0 Å². The van der Waals surface area contributed by atoms with Crippen molar-refractivity contribution in [2.24, 2.45) is 11.8 Å². The van der Waals surface area contributed by atoms with E-state index in [2.05, 4.69) is 18.6 Å². The molecule has 0 aromatic carbocycles. The topological polar surface area (TPSA) is 89.9 Å². The van der Waals surface area contributed by atoms with Crippen LogP contribution in [0, 0.1) is 11.8 Å². The third-order valence-electron chi connectivity index (χ3n) is 4.24. The summed E-state index contributed by atoms with van der Waals surface area (Å²) in [5.74, 6) is -1.14. The van der Waals surface area contributed by atoms with Crippen LogP contribution in [0.15, 0.2) is 12.2 Å². The smallest absolute Gasteiger partial charge is 0.306 e. The number of methoxy groups -OCH3 is 1. The zero-order valence-electron chi connectivity index (χ0n) is 17.1. The normalized spacial score (nSPS) is 12.3. The molecule has 0 aromatic heterocycles. The Bertz CT molecular complexity index is 456. The molecule has 0 saturated carbocycles. The molecule has 0 aliphatic rings. The first-order valence-electron chi connectivity index (χ1n) is 9.94. The molecule has 0 aliphatic heterocycles. The maximum Gasteiger partial charge on any atom is 0.306 e. The first kappa shape index (κ1) is 25.1. The summed E-state index contributed by atoms with van der Waals surface area (Å²) in [7, 11) is 1.40. The molecule has 6 heteroatoms. The van der Waals surface area contributed by atoms with Gasteiger partial charge in [0.1, 0.15) is 0 Å². The van der Waals surface area contributed by atoms with Crippen LogP contribution in [-0.4, -0.2) is 36.7 Å². The molecule has 156 valence electrons. The van der Waals surface area contributed by atoms with Crippen molar-refractivity contribution in [3.63, 3.8) is 0 Å². The molecule has 0 amide bonds. The summed E-state index contributed by atoms with van der Waals surface area (Å²) >= 11 is 0. The van der Waals surface area contributed by atoms with Crippen molar-refractivity contribution in [1.29, 1.82) is 0 Å². The van der Waals surface area contributed by atoms with Gasteiger partial charge in [-0.15, -0.1) is 0 Å². The van der Waals surface area contributed by atoms with Gasteiger partial charge in [0, 0.05) is 19.3 Å². The van der Waals surface area contributed by atoms with Gasteiger partial charge >= 0.3 is 17.9 Å². The first-order chi connectivity index (χ1) is 12.8. The lowest BCUT2D eigenvalue weighted by atomic mass is 9.97. The number of unbranched alkanes of at least 4 members (excludes halogenated alkanes) is 4. The minimum atomic E-state index is -0.894. The van der Waals surface area contributed by atoms with Gasteiger partial charge in [-0.05, 0) is 43.9 Å². The Labute approximate surface area is 163 Å². The van der Waals surface area contributed by atoms with Gasteiger partial charge in [-0.1, -0.05) is 38.8 Å². The molecule has 0 spiro atoms. The summed E-state index contributed by atoms with van der Waals surface area (Å²) in [4.78, 5) is 33.8. The largest absolute Gasteiger partial charge is 0.481 e. The van der Waals surface area contributed by atoms with Crippen molar-refractivity contribution in [3.05, 3.63) is 12.2 Å². The van der Waals surface area contributed by atoms with E-state index in [1.165, 1.54) is 7.11 Å². The van der Waals surface area contributed by atoms with Crippen molar-refractivity contribution in [3.8, 4) is 0 Å². The van der Waals surface area contributed by atoms with Gasteiger partial charge in [0.05, 0.1) is 13.7 Å². The molecule has 1 atom stereocenters. The lowest BCUT2D eigenvalue weighted by Crippen LogP contribution is -2.15. The average molecular weight is 385 g/mol. The van der Waals surface area contributed by atoms with Gasteiger partial charge in [-0.2, -0.15) is 0 Å². The Hall–Kier alpha value is -1.85. The Balaban J connectivity index is 3.98. The average Bonchev–Trinajstić information content (AvgIpc) is 2.58. The summed E-state index contributed by atoms with van der Waals surface area (Å²) in [6.45, 7) is 4.51. The summed E-state index contributed by atoms with van der Waals surface area (Å²) in [5, 5.41) is 9.02. The molecule has 0 fully saturated rings. The molecule has 0 radical (unpaired) electrons. The van der Waals surface area contributed by atoms with E-state index >= 15 is 0 Å². The molecule has 6 nitrogen and oxygen atoms in total. The quantitative estimate of drug-likeness (QED) is 0.239. The number of ether oxygens (including phenoxy) is 2. The fourth-order valence-electron chi connectivity index (χ4n) is 2.58. The SMILES string of the molecule is COC(=O)CCCCCC/C=C/CC(CC(=O)O)CC(=O)OCCC(C)C. The van der Waals surface area contributed by atoms with Crippen molar-refractivity contribution in [2.45, 2.75) is 78.1 Å². The van der Waals surface area contributed by atoms with Crippen LogP contribution in [0.4, 0.5) is 0 Å². The number of aliphatic carboxylic acids is 1. The Kier molecular flexibility index (Phi) is 15.2. The highest BCUT2D eigenvalue weighted by molar-refractivity contribution is 5.72. The monoisotopic (exact) mass is 384 g/mol. The van der Waals surface area contributed by atoms with Crippen LogP contribution in [0.3, 0.4) is 0 Å². The van der Waals surface area contributed by atoms with E-state index in [9.17, 15) is 14.4 Å². The number of carbonyl (C=O) groups is 3. The number of allylic oxidation sites excluding steroid dienone is 2. The van der Waals surface area contributed by atoms with E-state index in [0.717, 1.165) is 38.5 Å². The standard InChI is InChI=1S/C21H36O6/c1-17(2)13-14-27-21(25)16-18(15-19(22)23)11-9-7-5-4-6-8-10-12-20(24)26-3/h7,9,17-18H,4-6,8,10-16H2,1-3H3,(H,22,23)/b9-7+. The van der Waals surface area contributed by atoms with Crippen molar-refractivity contribution < 1.29 is 29.0 Å². The molecule has 27 heavy (non-hydrogen) atoms. The predicted octanol–water partition coefficient (Wildman–Crippen LogP) is 4.52. The number of hydrogen-bond acceptors (Lipinski definition) is 5. The summed E-state index contributed by atoms with van der Waals surface area (Å²) in [6.07, 6.45) is 10.8. The van der Waals surface area contributed by atoms with Gasteiger partial charge < -0.3 is 14.6 Å². The van der Waals surface area contributed by atoms with Gasteiger partial charge in [0.15, 0.2) is 0 Å². The van der Waals surface area contributed by atoms with Crippen molar-refractivity contribution >= 4 is 17.9 Å². The predicted molar refractivity (Wildman–Crippen MR) is 104 cm³/mol. The molecular formula is C21H36O6. The highest BCUT2D eigenvalue weighted by Gasteiger charge is 2.17. The molecule has 0 bridgehead atoms. The molecule has 0 aromatic rings. The van der Waals surface area contributed by atoms with Gasteiger partial charge in [0.25, 0.3) is 0 Å². The zero-order chi connectivity index (χ0) is 20.5. The third-order valence-corrected chi connectivity index (χ3v) is 4.24. The molecule has 0 saturated heterocycles. The van der Waals surface area contributed by atoms with Crippen LogP contribution in [0.2, 0.25) is 0 Å². The van der Waals surface area contributed by atoms with E-state index in [4.69, 9.17) is 9.84 Å². The summed E-state index contributed by atoms with van der Waals surface area (Å²) < 4.78 is 9.78. The molecule has 1 N–H and O–H groups in total. The minimum Gasteiger partial charge on any atom is -0.481 e. The highest BCUT2D eigenvalue weighted by atomic mass is 16.5. The molecule has 0 aliphatic carbocycles. The highest BCUT2D eigenvalue weighted by Crippen LogP contribution is 2.16. The lowest BCUT2D eigenvalue weighted by molar-refractivity contribution is -0.146. The second-order valence-electron chi connectivity index (χ2n) is 7.31. The Morgan fingerprint density at radius 1 is 0.963 bits per heavy atom. The van der Waals surface area contributed by atoms with Gasteiger partial charge in [-0.25, -0.2) is 0 Å². The van der Waals surface area contributed by atoms with E-state index in [-0.39, 0.29) is 30.7 Å². The molecule has 0 rings (SSSR count). The molecule has 0 heterocycles. The second kappa shape index (κ2) is 16.3. The summed E-state index contributed by atoms with van der Waals surface area (Å²) in [5.41, 5.74) is 0. The van der Waals surface area contributed by atoms with Gasteiger partial charge in [0.2, 0.25) is 0 Å². The number of carboxylic acids is 1. The second-order valence-corrected chi connectivity index (χ2v) is 7.31. The van der Waals surface area contributed by atoms with E-state index in [1.54, 1.807) is 0 Å². The van der Waals surface area contributed by atoms with E-state index < -0.39 is 5.97 Å². The van der Waals surface area contributed by atoms with Gasteiger partial charge in [-0.3, -0.25) is 14.4 Å². The zero-order valence-corrected chi connectivity index (χ0v) is 17.1. The first-order valence-corrected chi connectivity index (χ1v) is 9.94. The van der Waals surface area contributed by atoms with Crippen LogP contribution >= 0.6 is 0 Å². The third kappa shape index (κ3) is 17.3. The number of esters is 2. The van der Waals surface area contributed by atoms with Crippen LogP contribution in [0.1, 0.15) is 78.1 Å². The number of rotatable bonds is 16. The fourth-order valence-corrected chi connectivity index (χ4v) is 2.58. The van der Waals surface area contributed by atoms with E-state index in [1.807, 2.05) is 12.2 Å². The lowest BCUT2D eigenvalue weighted by Gasteiger charge is -2.13. The Morgan fingerprint density at radius 3 is 2.30 bits per heavy atom. The maximum absolute atomic E-state index is 11.8. The number of carbonyl (C=O) groups excluding carboxylic acids is 2. The Morgan fingerprint density at radius 2 is 1.67 bits per heavy atom. The molecule has 1 unspecified atom stereocenters. The fraction of sp³-hybridized carbons (Fsp3) is 0.762. The minimum absolute atomic E-state index is 0.0306. The molecular weight excluding hydrogens is 348 g/mol. The van der Waals surface area contributed by atoms with Crippen LogP contribution in [0.5, 0.6) is 0 Å². The van der Waals surface area contributed by atoms with Crippen molar-refractivity contribution in [2.75, 3.05) is 13.7 Å². The summed E-state index contributed by atoms with van der Waals surface area (Å²) in [6, 6.07) is 0. The van der Waals surface area contributed by atoms with Crippen LogP contribution < -0.4 is 0 Å². The van der Waals surface area contributed by atoms with Crippen LogP contribution in [-0.2, 0) is 23.9 Å². The van der Waals surface area contributed by atoms with E-state index in [0.29, 0.717) is 25.4 Å². The maximum atomic E-state index is 11.8. The number of carboxylic acid groups (broad SMARTS) is 1.